The van der Waals surface area contributed by atoms with E-state index < -0.39 is 18.8 Å². The summed E-state index contributed by atoms with van der Waals surface area (Å²) in [6.45, 7) is -1.55. The van der Waals surface area contributed by atoms with Crippen molar-refractivity contribution in [3.05, 3.63) is 42.5 Å². The molecule has 4 rings (SSSR count). The van der Waals surface area contributed by atoms with E-state index >= 15 is 0 Å². The predicted molar refractivity (Wildman–Crippen MR) is 101 cm³/mol. The molecule has 0 bridgehead atoms. The molecule has 1 atom stereocenters. The molecule has 30 heavy (non-hydrogen) atoms. The molecule has 10 heteroatoms. The summed E-state index contributed by atoms with van der Waals surface area (Å²) >= 11 is 0. The highest BCUT2D eigenvalue weighted by molar-refractivity contribution is 6.07. The van der Waals surface area contributed by atoms with E-state index in [0.717, 1.165) is 0 Å². The molecule has 0 saturated carbocycles. The lowest BCUT2D eigenvalue weighted by Crippen LogP contribution is -2.15. The van der Waals surface area contributed by atoms with E-state index in [1.807, 2.05) is 0 Å². The van der Waals surface area contributed by atoms with Crippen LogP contribution in [0.15, 0.2) is 42.5 Å². The number of benzene rings is 3. The lowest BCUT2D eigenvalue weighted by atomic mass is 9.95. The van der Waals surface area contributed by atoms with Crippen LogP contribution >= 0.6 is 0 Å². The summed E-state index contributed by atoms with van der Waals surface area (Å²) in [4.78, 5) is 22.6. The Hall–Kier alpha value is -4.18. The zero-order chi connectivity index (χ0) is 21.4. The maximum Gasteiger partial charge on any atom is 0.511 e. The molecular weight excluding hydrogens is 400 g/mol. The number of ether oxygens (including phenoxy) is 5. The van der Waals surface area contributed by atoms with Crippen LogP contribution in [-0.4, -0.2) is 41.2 Å². The summed E-state index contributed by atoms with van der Waals surface area (Å²) in [6.07, 6.45) is -3.33. The van der Waals surface area contributed by atoms with Crippen LogP contribution in [0.4, 0.5) is 9.59 Å². The van der Waals surface area contributed by atoms with Crippen molar-refractivity contribution < 1.29 is 48.6 Å². The average molecular weight is 414 g/mol. The molecule has 1 aliphatic heterocycles. The SMILES string of the molecule is COc1ccc(-c2c(OC(=O)O)c(OC(=O)O)cc3ccc4c(c23)OC(O)O4)cc1. The van der Waals surface area contributed by atoms with Gasteiger partial charge in [0.25, 0.3) is 0 Å². The fourth-order valence-electron chi connectivity index (χ4n) is 3.24. The van der Waals surface area contributed by atoms with Crippen molar-refractivity contribution >= 4 is 23.1 Å². The van der Waals surface area contributed by atoms with Gasteiger partial charge in [0.2, 0.25) is 0 Å². The van der Waals surface area contributed by atoms with Crippen LogP contribution in [-0.2, 0) is 0 Å². The van der Waals surface area contributed by atoms with Gasteiger partial charge in [0.1, 0.15) is 5.75 Å². The molecule has 1 heterocycles. The second kappa shape index (κ2) is 7.33. The van der Waals surface area contributed by atoms with E-state index in [-0.39, 0.29) is 28.6 Å². The van der Waals surface area contributed by atoms with Gasteiger partial charge in [-0.2, -0.15) is 0 Å². The standard InChI is InChI=1S/C20H14O10/c1-26-11-5-2-9(3-6-11)14-15-10(4-7-12-16(15)30-20(25)28-12)8-13(27-18(21)22)17(14)29-19(23)24/h2-8,20,25H,1H3,(H,21,22)(H,23,24). The highest BCUT2D eigenvalue weighted by Crippen LogP contribution is 2.51. The smallest absolute Gasteiger partial charge is 0.497 e. The first-order chi connectivity index (χ1) is 14.4. The molecule has 0 saturated heterocycles. The zero-order valence-electron chi connectivity index (χ0n) is 15.3. The largest absolute Gasteiger partial charge is 0.511 e. The van der Waals surface area contributed by atoms with Crippen molar-refractivity contribution in [1.82, 2.24) is 0 Å². The first kappa shape index (κ1) is 19.2. The van der Waals surface area contributed by atoms with Crippen molar-refractivity contribution in [1.29, 1.82) is 0 Å². The molecule has 154 valence electrons. The van der Waals surface area contributed by atoms with Gasteiger partial charge in [0.05, 0.1) is 7.11 Å². The summed E-state index contributed by atoms with van der Waals surface area (Å²) in [5.74, 6) is 0.214. The Bertz CT molecular complexity index is 1150. The van der Waals surface area contributed by atoms with Gasteiger partial charge < -0.3 is 39.0 Å². The van der Waals surface area contributed by atoms with E-state index in [9.17, 15) is 19.8 Å². The molecule has 0 spiro atoms. The number of fused-ring (bicyclic) bond motifs is 3. The van der Waals surface area contributed by atoms with E-state index in [2.05, 4.69) is 0 Å². The number of aliphatic hydroxyl groups excluding tert-OH is 1. The van der Waals surface area contributed by atoms with Crippen molar-refractivity contribution in [2.45, 2.75) is 6.48 Å². The Kier molecular flexibility index (Phi) is 4.68. The van der Waals surface area contributed by atoms with Gasteiger partial charge in [0, 0.05) is 10.9 Å². The van der Waals surface area contributed by atoms with E-state index in [0.29, 0.717) is 22.1 Å². The van der Waals surface area contributed by atoms with Crippen LogP contribution in [0, 0.1) is 0 Å². The highest BCUT2D eigenvalue weighted by atomic mass is 16.8. The quantitative estimate of drug-likeness (QED) is 0.427. The molecule has 10 nitrogen and oxygen atoms in total. The third kappa shape index (κ3) is 3.35. The lowest BCUT2D eigenvalue weighted by molar-refractivity contribution is -0.132. The van der Waals surface area contributed by atoms with Crippen molar-refractivity contribution in [3.8, 4) is 39.9 Å². The lowest BCUT2D eigenvalue weighted by Gasteiger charge is -2.17. The Labute approximate surface area is 168 Å². The number of methoxy groups -OCH3 is 1. The van der Waals surface area contributed by atoms with Gasteiger partial charge in [-0.25, -0.2) is 9.59 Å². The Morgan fingerprint density at radius 2 is 1.67 bits per heavy atom. The van der Waals surface area contributed by atoms with Crippen molar-refractivity contribution in [2.75, 3.05) is 7.11 Å². The summed E-state index contributed by atoms with van der Waals surface area (Å²) in [5, 5.41) is 28.9. The number of carboxylic acid groups (broad SMARTS) is 2. The normalized spacial score (nSPS) is 14.4. The molecule has 3 N–H and O–H groups in total. The predicted octanol–water partition coefficient (Wildman–Crippen LogP) is 3.68. The third-order valence-electron chi connectivity index (χ3n) is 4.35. The Morgan fingerprint density at radius 1 is 0.967 bits per heavy atom. The van der Waals surface area contributed by atoms with Gasteiger partial charge in [0.15, 0.2) is 23.0 Å². The molecule has 1 unspecified atom stereocenters. The van der Waals surface area contributed by atoms with E-state index in [4.69, 9.17) is 28.8 Å². The monoisotopic (exact) mass is 414 g/mol. The highest BCUT2D eigenvalue weighted by Gasteiger charge is 2.30. The molecule has 0 fully saturated rings. The minimum atomic E-state index is -1.68. The summed E-state index contributed by atoms with van der Waals surface area (Å²) in [6, 6.07) is 10.9. The van der Waals surface area contributed by atoms with Gasteiger partial charge in [-0.15, -0.1) is 0 Å². The van der Waals surface area contributed by atoms with Crippen LogP contribution in [0.25, 0.3) is 21.9 Å². The number of aliphatic hydroxyl groups is 1. The van der Waals surface area contributed by atoms with Crippen molar-refractivity contribution in [2.24, 2.45) is 0 Å². The topological polar surface area (TPSA) is 141 Å². The molecule has 0 radical (unpaired) electrons. The van der Waals surface area contributed by atoms with Crippen LogP contribution in [0.5, 0.6) is 28.7 Å². The van der Waals surface area contributed by atoms with E-state index in [1.54, 1.807) is 30.3 Å². The van der Waals surface area contributed by atoms with E-state index in [1.165, 1.54) is 19.2 Å². The maximum atomic E-state index is 11.4. The molecule has 0 aromatic heterocycles. The number of hydrogen-bond donors (Lipinski definition) is 3. The fourth-order valence-corrected chi connectivity index (χ4v) is 3.24. The number of rotatable bonds is 4. The molecule has 1 aliphatic rings. The molecular formula is C20H14O10. The second-order valence-electron chi connectivity index (χ2n) is 6.08. The average Bonchev–Trinajstić information content (AvgIpc) is 3.08. The minimum Gasteiger partial charge on any atom is -0.497 e. The zero-order valence-corrected chi connectivity index (χ0v) is 15.3. The first-order valence-corrected chi connectivity index (χ1v) is 8.48. The summed E-state index contributed by atoms with van der Waals surface area (Å²) in [7, 11) is 1.49. The number of hydrogen-bond acceptors (Lipinski definition) is 8. The second-order valence-corrected chi connectivity index (χ2v) is 6.08. The molecule has 3 aromatic carbocycles. The summed E-state index contributed by atoms with van der Waals surface area (Å²) in [5.41, 5.74) is 0.620. The van der Waals surface area contributed by atoms with Crippen LogP contribution in [0.2, 0.25) is 0 Å². The van der Waals surface area contributed by atoms with Gasteiger partial charge in [-0.05, 0) is 35.2 Å². The van der Waals surface area contributed by atoms with Gasteiger partial charge >= 0.3 is 18.8 Å². The van der Waals surface area contributed by atoms with Gasteiger partial charge in [-0.1, -0.05) is 18.2 Å². The maximum absolute atomic E-state index is 11.4. The molecule has 0 aliphatic carbocycles. The van der Waals surface area contributed by atoms with Crippen LogP contribution < -0.4 is 23.7 Å². The minimum absolute atomic E-state index is 0.142. The Balaban J connectivity index is 2.09. The summed E-state index contributed by atoms with van der Waals surface area (Å²) < 4.78 is 25.4. The first-order valence-electron chi connectivity index (χ1n) is 8.48. The number of carbonyl (C=O) groups is 2. The fraction of sp³-hybridized carbons (Fsp3) is 0.100. The Morgan fingerprint density at radius 3 is 2.30 bits per heavy atom. The molecule has 3 aromatic rings. The molecule has 0 amide bonds. The van der Waals surface area contributed by atoms with Crippen molar-refractivity contribution in [3.63, 3.8) is 0 Å². The van der Waals surface area contributed by atoms with Crippen LogP contribution in [0.3, 0.4) is 0 Å². The van der Waals surface area contributed by atoms with Crippen LogP contribution in [0.1, 0.15) is 0 Å². The third-order valence-corrected chi connectivity index (χ3v) is 4.35. The van der Waals surface area contributed by atoms with Gasteiger partial charge in [-0.3, -0.25) is 0 Å².